The maximum absolute atomic E-state index is 14.0. The molecule has 1 aliphatic heterocycles. The number of ether oxygens (including phenoxy) is 1. The molecule has 1 saturated heterocycles. The van der Waals surface area contributed by atoms with E-state index in [0.29, 0.717) is 29.0 Å². The highest BCUT2D eigenvalue weighted by Crippen LogP contribution is 2.80. The van der Waals surface area contributed by atoms with Gasteiger partial charge in [-0.25, -0.2) is 0 Å². The predicted molar refractivity (Wildman–Crippen MR) is 129 cm³/mol. The molecule has 1 heterocycles. The number of ketones is 1. The molecular weight excluding hydrogens is 408 g/mol. The lowest BCUT2D eigenvalue weighted by Gasteiger charge is -2.72. The summed E-state index contributed by atoms with van der Waals surface area (Å²) in [5.74, 6) is 2.34. The smallest absolute Gasteiger partial charge is 0.313 e. The molecule has 5 saturated carbocycles. The van der Waals surface area contributed by atoms with Crippen LogP contribution in [0.25, 0.3) is 0 Å². The van der Waals surface area contributed by atoms with Crippen LogP contribution >= 0.6 is 0 Å². The molecule has 3 heteroatoms. The summed E-state index contributed by atoms with van der Waals surface area (Å²) in [4.78, 5) is 26.7. The maximum Gasteiger partial charge on any atom is 0.313 e. The van der Waals surface area contributed by atoms with Crippen LogP contribution < -0.4 is 0 Å². The molecular formula is C30H46O3. The maximum atomic E-state index is 14.0. The Hall–Kier alpha value is -0.860. The van der Waals surface area contributed by atoms with Crippen molar-refractivity contribution >= 4 is 11.8 Å². The third kappa shape index (κ3) is 2.39. The number of hydrogen-bond donors (Lipinski definition) is 0. The van der Waals surface area contributed by atoms with Crippen molar-refractivity contribution in [3.63, 3.8) is 0 Å². The average molecular weight is 455 g/mol. The van der Waals surface area contributed by atoms with Gasteiger partial charge >= 0.3 is 5.97 Å². The summed E-state index contributed by atoms with van der Waals surface area (Å²) >= 11 is 0. The van der Waals surface area contributed by atoms with Gasteiger partial charge in [-0.15, -0.1) is 0 Å². The minimum atomic E-state index is -0.309. The van der Waals surface area contributed by atoms with Gasteiger partial charge in [0.05, 0.1) is 5.41 Å². The van der Waals surface area contributed by atoms with E-state index in [9.17, 15) is 9.59 Å². The van der Waals surface area contributed by atoms with Gasteiger partial charge in [0.25, 0.3) is 0 Å². The van der Waals surface area contributed by atoms with Crippen molar-refractivity contribution in [3.8, 4) is 0 Å². The van der Waals surface area contributed by atoms with Gasteiger partial charge in [-0.2, -0.15) is 0 Å². The van der Waals surface area contributed by atoms with E-state index in [0.717, 1.165) is 51.4 Å². The predicted octanol–water partition coefficient (Wildman–Crippen LogP) is 6.97. The summed E-state index contributed by atoms with van der Waals surface area (Å²) in [6, 6.07) is 0. The van der Waals surface area contributed by atoms with Crippen molar-refractivity contribution in [3.05, 3.63) is 0 Å². The van der Waals surface area contributed by atoms with Gasteiger partial charge in [-0.1, -0.05) is 48.5 Å². The van der Waals surface area contributed by atoms with Crippen LogP contribution in [0.15, 0.2) is 0 Å². The average Bonchev–Trinajstić information content (AvgIpc) is 2.88. The minimum Gasteiger partial charge on any atom is -0.461 e. The van der Waals surface area contributed by atoms with Crippen LogP contribution in [0.4, 0.5) is 0 Å². The summed E-state index contributed by atoms with van der Waals surface area (Å²) in [6.07, 6.45) is 11.0. The van der Waals surface area contributed by atoms with Crippen molar-refractivity contribution in [2.24, 2.45) is 56.2 Å². The van der Waals surface area contributed by atoms with Gasteiger partial charge in [-0.05, 0) is 97.2 Å². The van der Waals surface area contributed by atoms with Crippen LogP contribution in [0.5, 0.6) is 0 Å². The molecule has 0 aromatic carbocycles. The molecule has 0 radical (unpaired) electrons. The molecule has 0 N–H and O–H groups in total. The summed E-state index contributed by atoms with van der Waals surface area (Å²) in [7, 11) is 0. The van der Waals surface area contributed by atoms with E-state index in [2.05, 4.69) is 48.5 Å². The van der Waals surface area contributed by atoms with E-state index in [1.165, 1.54) is 12.8 Å². The lowest BCUT2D eigenvalue weighted by molar-refractivity contribution is -0.249. The van der Waals surface area contributed by atoms with E-state index in [4.69, 9.17) is 4.74 Å². The summed E-state index contributed by atoms with van der Waals surface area (Å²) < 4.78 is 6.45. The molecule has 0 spiro atoms. The molecule has 2 bridgehead atoms. The first-order chi connectivity index (χ1) is 15.2. The van der Waals surface area contributed by atoms with Crippen LogP contribution in [-0.4, -0.2) is 17.9 Å². The fourth-order valence-electron chi connectivity index (χ4n) is 11.7. The molecule has 10 atom stereocenters. The Bertz CT molecular complexity index is 922. The second-order valence-electron chi connectivity index (χ2n) is 15.3. The number of carbonyl (C=O) groups excluding carboxylic acids is 2. The zero-order valence-corrected chi connectivity index (χ0v) is 22.2. The summed E-state index contributed by atoms with van der Waals surface area (Å²) in [5.41, 5.74) is 0.470. The molecule has 6 fully saturated rings. The molecule has 0 unspecified atom stereocenters. The molecule has 6 aliphatic rings. The molecule has 6 rings (SSSR count). The van der Waals surface area contributed by atoms with Crippen LogP contribution in [0, 0.1) is 56.2 Å². The first kappa shape index (κ1) is 22.6. The van der Waals surface area contributed by atoms with E-state index in [1.54, 1.807) is 0 Å². The van der Waals surface area contributed by atoms with Crippen molar-refractivity contribution < 1.29 is 14.3 Å². The largest absolute Gasteiger partial charge is 0.461 e. The number of Topliss-reactive ketones (excluding diaryl/α,β-unsaturated/α-hetero) is 1. The number of fused-ring (bicyclic) bond motifs is 4. The second-order valence-corrected chi connectivity index (χ2v) is 15.3. The van der Waals surface area contributed by atoms with E-state index >= 15 is 0 Å². The topological polar surface area (TPSA) is 43.4 Å². The first-order valence-corrected chi connectivity index (χ1v) is 14.0. The number of carbonyl (C=O) groups is 2. The number of hydrogen-bond acceptors (Lipinski definition) is 3. The Labute approximate surface area is 201 Å². The lowest BCUT2D eigenvalue weighted by atomic mass is 9.30. The molecule has 3 nitrogen and oxygen atoms in total. The SMILES string of the molecule is C[C@H]1C(=O)CC[C@H]2[C@]3(C)CC[C@@]45C(=O)O[C@@H](C[C@@]6(C)CCC(C)(C)C[C@H]64)[C@]5(C)[C@@H]3CC[C@@]21C. The zero-order valence-electron chi connectivity index (χ0n) is 22.2. The van der Waals surface area contributed by atoms with Crippen molar-refractivity contribution in [2.45, 2.75) is 119 Å². The monoisotopic (exact) mass is 454 g/mol. The fourth-order valence-corrected chi connectivity index (χ4v) is 11.7. The molecule has 33 heavy (non-hydrogen) atoms. The van der Waals surface area contributed by atoms with E-state index in [-0.39, 0.29) is 45.1 Å². The van der Waals surface area contributed by atoms with Crippen molar-refractivity contribution in [1.82, 2.24) is 0 Å². The Kier molecular flexibility index (Phi) is 4.30. The highest BCUT2D eigenvalue weighted by atomic mass is 16.6. The molecule has 5 aliphatic carbocycles. The lowest BCUT2D eigenvalue weighted by Crippen LogP contribution is -2.70. The Morgan fingerprint density at radius 2 is 1.48 bits per heavy atom. The van der Waals surface area contributed by atoms with Crippen LogP contribution in [-0.2, 0) is 14.3 Å². The molecule has 0 aromatic rings. The van der Waals surface area contributed by atoms with Gasteiger partial charge in [0.2, 0.25) is 0 Å². The Balaban J connectivity index is 1.47. The fraction of sp³-hybridized carbons (Fsp3) is 0.933. The van der Waals surface area contributed by atoms with Crippen molar-refractivity contribution in [2.75, 3.05) is 0 Å². The van der Waals surface area contributed by atoms with Crippen molar-refractivity contribution in [1.29, 1.82) is 0 Å². The van der Waals surface area contributed by atoms with Crippen LogP contribution in [0.1, 0.15) is 113 Å². The quantitative estimate of drug-likeness (QED) is 0.371. The van der Waals surface area contributed by atoms with Crippen LogP contribution in [0.2, 0.25) is 0 Å². The second kappa shape index (κ2) is 6.28. The highest BCUT2D eigenvalue weighted by molar-refractivity contribution is 5.83. The highest BCUT2D eigenvalue weighted by Gasteiger charge is 2.81. The third-order valence-corrected chi connectivity index (χ3v) is 13.8. The third-order valence-electron chi connectivity index (χ3n) is 13.8. The summed E-state index contributed by atoms with van der Waals surface area (Å²) in [5, 5.41) is 0. The zero-order chi connectivity index (χ0) is 23.8. The first-order valence-electron chi connectivity index (χ1n) is 14.0. The molecule has 0 amide bonds. The van der Waals surface area contributed by atoms with Gasteiger partial charge in [0, 0.05) is 17.8 Å². The molecule has 0 aromatic heterocycles. The standard InChI is InChI=1S/C30H46O3/c1-18-19(31)8-9-20-27(18,5)11-10-21-28(20,6)14-15-30-22-16-25(2,3)12-13-26(22,4)17-23(29(21,30)7)33-24(30)32/h18,20-23H,8-17H2,1-7H3/t18-,20+,21+,22+,23-,26+,27+,28-,29-,30-/m0/s1. The number of esters is 1. The van der Waals surface area contributed by atoms with E-state index in [1.807, 2.05) is 0 Å². The van der Waals surface area contributed by atoms with Gasteiger partial charge < -0.3 is 4.74 Å². The Morgan fingerprint density at radius 3 is 2.21 bits per heavy atom. The van der Waals surface area contributed by atoms with Gasteiger partial charge in [0.15, 0.2) is 0 Å². The number of rotatable bonds is 0. The van der Waals surface area contributed by atoms with Gasteiger partial charge in [-0.3, -0.25) is 9.59 Å². The van der Waals surface area contributed by atoms with E-state index < -0.39 is 0 Å². The molecule has 184 valence electrons. The normalized spacial score (nSPS) is 59.1. The van der Waals surface area contributed by atoms with Crippen LogP contribution in [0.3, 0.4) is 0 Å². The van der Waals surface area contributed by atoms with Gasteiger partial charge in [0.1, 0.15) is 11.9 Å². The Morgan fingerprint density at radius 1 is 0.758 bits per heavy atom. The minimum absolute atomic E-state index is 0.0687. The summed E-state index contributed by atoms with van der Waals surface area (Å²) in [6.45, 7) is 17.0.